The molecule has 1 aromatic rings. The number of aliphatic hydroxyl groups is 1. The van der Waals surface area contributed by atoms with Gasteiger partial charge in [0.25, 0.3) is 0 Å². The summed E-state index contributed by atoms with van der Waals surface area (Å²) in [6.07, 6.45) is 10.2. The van der Waals surface area contributed by atoms with E-state index in [2.05, 4.69) is 20.9 Å². The summed E-state index contributed by atoms with van der Waals surface area (Å²) in [7, 11) is 0. The minimum Gasteiger partial charge on any atom is -0.494 e. The number of rotatable bonds is 5. The Kier molecular flexibility index (Phi) is 13.3. The zero-order chi connectivity index (χ0) is 33.3. The summed E-state index contributed by atoms with van der Waals surface area (Å²) in [5.74, 6) is 1.31. The maximum atomic E-state index is 13.8. The van der Waals surface area contributed by atoms with Gasteiger partial charge in [-0.3, -0.25) is 19.3 Å². The van der Waals surface area contributed by atoms with Crippen LogP contribution in [0.4, 0.5) is 0 Å². The van der Waals surface area contributed by atoms with E-state index in [0.717, 1.165) is 69.2 Å². The highest BCUT2D eigenvalue weighted by Gasteiger charge is 2.42. The molecule has 258 valence electrons. The second kappa shape index (κ2) is 17.0. The first kappa shape index (κ1) is 36.2. The van der Waals surface area contributed by atoms with Gasteiger partial charge in [0, 0.05) is 25.0 Å². The van der Waals surface area contributed by atoms with E-state index in [1.807, 2.05) is 58.9 Å². The maximum absolute atomic E-state index is 13.8. The first-order valence-corrected chi connectivity index (χ1v) is 17.9. The quantitative estimate of drug-likeness (QED) is 0.369. The molecule has 4 N–H and O–H groups in total. The fourth-order valence-corrected chi connectivity index (χ4v) is 7.41. The molecule has 1 aromatic carbocycles. The van der Waals surface area contributed by atoms with Gasteiger partial charge in [-0.2, -0.15) is 0 Å². The van der Waals surface area contributed by atoms with Crippen LogP contribution in [0.2, 0.25) is 0 Å². The number of fused-ring (bicyclic) bond motifs is 17. The van der Waals surface area contributed by atoms with Crippen molar-refractivity contribution < 1.29 is 24.2 Å². The van der Waals surface area contributed by atoms with Crippen molar-refractivity contribution in [3.63, 3.8) is 0 Å². The number of hydrogen-bond donors (Lipinski definition) is 4. The van der Waals surface area contributed by atoms with Gasteiger partial charge in [0.15, 0.2) is 0 Å². The van der Waals surface area contributed by atoms with Crippen LogP contribution in [0.3, 0.4) is 0 Å². The van der Waals surface area contributed by atoms with Crippen LogP contribution in [0, 0.1) is 17.8 Å². The molecule has 0 aromatic heterocycles. The van der Waals surface area contributed by atoms with Crippen molar-refractivity contribution >= 4 is 17.7 Å². The van der Waals surface area contributed by atoms with Crippen LogP contribution in [0.25, 0.3) is 0 Å². The van der Waals surface area contributed by atoms with Crippen molar-refractivity contribution in [1.29, 1.82) is 0 Å². The van der Waals surface area contributed by atoms with Gasteiger partial charge in [0.2, 0.25) is 17.7 Å². The number of piperidine rings is 1. The van der Waals surface area contributed by atoms with E-state index in [-0.39, 0.29) is 41.8 Å². The van der Waals surface area contributed by atoms with E-state index in [1.54, 1.807) is 0 Å². The van der Waals surface area contributed by atoms with Gasteiger partial charge in [0.1, 0.15) is 11.8 Å². The molecule has 9 heteroatoms. The predicted octanol–water partition coefficient (Wildman–Crippen LogP) is 4.74. The molecule has 1 saturated carbocycles. The topological polar surface area (TPSA) is 120 Å². The van der Waals surface area contributed by atoms with E-state index in [0.29, 0.717) is 31.3 Å². The molecule has 0 radical (unpaired) electrons. The monoisotopic (exact) mass is 640 g/mol. The van der Waals surface area contributed by atoms with Gasteiger partial charge >= 0.3 is 0 Å². The van der Waals surface area contributed by atoms with Crippen molar-refractivity contribution in [3.8, 4) is 5.75 Å². The van der Waals surface area contributed by atoms with Crippen LogP contribution >= 0.6 is 0 Å². The number of aliphatic hydroxyl groups excluding tert-OH is 1. The Balaban J connectivity index is 1.57. The number of ether oxygens (including phenoxy) is 1. The Morgan fingerprint density at radius 1 is 0.978 bits per heavy atom. The summed E-state index contributed by atoms with van der Waals surface area (Å²) in [4.78, 5) is 42.4. The van der Waals surface area contributed by atoms with E-state index in [9.17, 15) is 19.5 Å². The van der Waals surface area contributed by atoms with Gasteiger partial charge < -0.3 is 25.8 Å². The summed E-state index contributed by atoms with van der Waals surface area (Å²) < 4.78 is 5.96. The molecule has 3 aliphatic heterocycles. The number of carbonyl (C=O) groups excluding carboxylic acids is 3. The van der Waals surface area contributed by atoms with Gasteiger partial charge in [-0.15, -0.1) is 0 Å². The fraction of sp³-hybridized carbons (Fsp3) is 0.757. The van der Waals surface area contributed by atoms with E-state index in [4.69, 9.17) is 4.74 Å². The molecule has 3 amide bonds. The molecule has 4 aliphatic rings. The van der Waals surface area contributed by atoms with E-state index < -0.39 is 18.2 Å². The highest BCUT2D eigenvalue weighted by atomic mass is 16.5. The van der Waals surface area contributed by atoms with Crippen molar-refractivity contribution in [2.24, 2.45) is 17.8 Å². The number of nitrogens with zero attached hydrogens (tertiary/aromatic N) is 1. The molecule has 9 nitrogen and oxygen atoms in total. The van der Waals surface area contributed by atoms with Crippen molar-refractivity contribution in [1.82, 2.24) is 20.9 Å². The Bertz CT molecular complexity index is 1130. The summed E-state index contributed by atoms with van der Waals surface area (Å²) in [5.41, 5.74) is 0.610. The molecule has 3 heterocycles. The number of amides is 3. The normalized spacial score (nSPS) is 28.5. The summed E-state index contributed by atoms with van der Waals surface area (Å²) in [6.45, 7) is 11.5. The Morgan fingerprint density at radius 2 is 1.65 bits per heavy atom. The molecule has 2 fully saturated rings. The second-order valence-electron chi connectivity index (χ2n) is 15.4. The Morgan fingerprint density at radius 3 is 2.35 bits per heavy atom. The van der Waals surface area contributed by atoms with Gasteiger partial charge in [-0.1, -0.05) is 64.5 Å². The average molecular weight is 641 g/mol. The van der Waals surface area contributed by atoms with Crippen LogP contribution in [0.1, 0.15) is 111 Å². The van der Waals surface area contributed by atoms with Crippen molar-refractivity contribution in [2.45, 2.75) is 141 Å². The van der Waals surface area contributed by atoms with Gasteiger partial charge in [-0.25, -0.2) is 0 Å². The molecule has 1 aliphatic carbocycles. The Labute approximate surface area is 277 Å². The number of carbonyl (C=O) groups is 3. The highest BCUT2D eigenvalue weighted by molar-refractivity contribution is 5.88. The lowest BCUT2D eigenvalue weighted by Crippen LogP contribution is -2.61. The first-order chi connectivity index (χ1) is 21.9. The van der Waals surface area contributed by atoms with Crippen LogP contribution < -0.4 is 20.7 Å². The van der Waals surface area contributed by atoms with Gasteiger partial charge in [-0.05, 0) is 88.3 Å². The zero-order valence-corrected chi connectivity index (χ0v) is 29.0. The molecular weight excluding hydrogens is 580 g/mol. The minimum absolute atomic E-state index is 0.00596. The minimum atomic E-state index is -0.928. The number of nitrogens with one attached hydrogen (secondary N) is 3. The van der Waals surface area contributed by atoms with Crippen LogP contribution in [-0.4, -0.2) is 77.2 Å². The van der Waals surface area contributed by atoms with Crippen LogP contribution in [0.15, 0.2) is 24.3 Å². The molecule has 2 unspecified atom stereocenters. The molecular formula is C37H60N4O5. The lowest BCUT2D eigenvalue weighted by atomic mass is 9.72. The third-order valence-corrected chi connectivity index (χ3v) is 9.98. The Hall–Kier alpha value is -2.65. The predicted molar refractivity (Wildman–Crippen MR) is 181 cm³/mol. The van der Waals surface area contributed by atoms with E-state index >= 15 is 0 Å². The lowest BCUT2D eigenvalue weighted by molar-refractivity contribution is -0.133. The zero-order valence-electron chi connectivity index (χ0n) is 29.0. The van der Waals surface area contributed by atoms with Crippen LogP contribution in [-0.2, 0) is 20.8 Å². The molecule has 1 saturated heterocycles. The van der Waals surface area contributed by atoms with Crippen LogP contribution in [0.5, 0.6) is 5.75 Å². The molecule has 6 atom stereocenters. The number of likely N-dealkylation sites (tertiary alicyclic amines) is 1. The first-order valence-electron chi connectivity index (χ1n) is 17.9. The largest absolute Gasteiger partial charge is 0.494 e. The molecule has 0 spiro atoms. The molecule has 2 bridgehead atoms. The summed E-state index contributed by atoms with van der Waals surface area (Å²) >= 11 is 0. The number of hydrogen-bond acceptors (Lipinski definition) is 6. The second-order valence-corrected chi connectivity index (χ2v) is 15.4. The standard InChI is InChI=1S/C37H60N4O5/c1-25(2)34-36(45)38-30(21-26-16-18-29(19-17-26)46-20-12-8-6-7-9-15-33(43)39-34)32(42)24-41-23-28-14-11-10-13-27(28)22-31(41)35(44)40-37(3,4)5/h16-19,25,27-28,30-32,34,42H,6-15,20-24H2,1-5H3,(H,38,45)(H,39,43)(H,40,44)/t27?,28?,30-,31-,32+,34-/m0/s1. The number of benzene rings is 1. The average Bonchev–Trinajstić information content (AvgIpc) is 2.99. The molecule has 46 heavy (non-hydrogen) atoms. The third kappa shape index (κ3) is 11.0. The smallest absolute Gasteiger partial charge is 0.243 e. The summed E-state index contributed by atoms with van der Waals surface area (Å²) in [5, 5.41) is 21.2. The van der Waals surface area contributed by atoms with Gasteiger partial charge in [0.05, 0.1) is 24.8 Å². The summed E-state index contributed by atoms with van der Waals surface area (Å²) in [6, 6.07) is 6.23. The van der Waals surface area contributed by atoms with E-state index in [1.165, 1.54) is 12.8 Å². The third-order valence-electron chi connectivity index (χ3n) is 9.98. The maximum Gasteiger partial charge on any atom is 0.243 e. The van der Waals surface area contributed by atoms with Crippen molar-refractivity contribution in [2.75, 3.05) is 19.7 Å². The molecule has 5 rings (SSSR count). The van der Waals surface area contributed by atoms with Crippen molar-refractivity contribution in [3.05, 3.63) is 29.8 Å². The lowest BCUT2D eigenvalue weighted by Gasteiger charge is -2.47. The SMILES string of the molecule is CC(C)[C@@H]1NC(=O)CCCCCCCOc2ccc(cc2)C[C@@H]([C@H](O)CN2CC3CCCCC3C[C@H]2C(=O)NC(C)(C)C)NC1=O. The highest BCUT2D eigenvalue weighted by Crippen LogP contribution is 2.39. The number of β-amino-alcohol motifs (C(OH)–C–C–N with tert-alkyl or cyclic N) is 1. The fourth-order valence-electron chi connectivity index (χ4n) is 7.41.